The van der Waals surface area contributed by atoms with Crippen LogP contribution in [0.3, 0.4) is 0 Å². The van der Waals surface area contributed by atoms with Crippen LogP contribution < -0.4 is 10.2 Å². The van der Waals surface area contributed by atoms with E-state index in [2.05, 4.69) is 51.2 Å². The zero-order valence-corrected chi connectivity index (χ0v) is 16.7. The third kappa shape index (κ3) is 5.07. The van der Waals surface area contributed by atoms with Crippen LogP contribution in [0.4, 0.5) is 5.69 Å². The molecule has 144 valence electrons. The summed E-state index contributed by atoms with van der Waals surface area (Å²) in [6.45, 7) is 10.7. The van der Waals surface area contributed by atoms with Crippen molar-refractivity contribution >= 4 is 17.6 Å². The lowest BCUT2D eigenvalue weighted by Crippen LogP contribution is -3.14. The molecule has 2 N–H and O–H groups in total. The number of methoxy groups -OCH3 is 1. The van der Waals surface area contributed by atoms with Crippen molar-refractivity contribution in [3.05, 3.63) is 29.3 Å². The summed E-state index contributed by atoms with van der Waals surface area (Å²) in [5, 5.41) is 3.18. The van der Waals surface area contributed by atoms with Gasteiger partial charge in [0, 0.05) is 18.5 Å². The Balaban J connectivity index is 2.01. The highest BCUT2D eigenvalue weighted by Crippen LogP contribution is 2.32. The summed E-state index contributed by atoms with van der Waals surface area (Å²) in [4.78, 5) is 25.5. The number of carbonyl (C=O) groups excluding carboxylic acids is 2. The predicted octanol–water partition coefficient (Wildman–Crippen LogP) is 2.34. The summed E-state index contributed by atoms with van der Waals surface area (Å²) < 4.78 is 4.83. The number of para-hydroxylation sites is 1. The molecule has 1 aliphatic heterocycles. The van der Waals surface area contributed by atoms with Crippen LogP contribution in [0.25, 0.3) is 0 Å². The van der Waals surface area contributed by atoms with E-state index < -0.39 is 0 Å². The molecule has 26 heavy (non-hydrogen) atoms. The standard InChI is InChI=1S/C21H32N2O3/c1-14(2)17-7-6-8-18(15(3)4)20(17)22-19(24)13-23-11-9-16(10-12-23)21(25)26-5/h6-8,14-16H,9-13H2,1-5H3,(H,22,24)/p+1. The lowest BCUT2D eigenvalue weighted by atomic mass is 9.92. The van der Waals surface area contributed by atoms with E-state index >= 15 is 0 Å². The number of anilines is 1. The van der Waals surface area contributed by atoms with E-state index in [9.17, 15) is 9.59 Å². The number of hydrogen-bond acceptors (Lipinski definition) is 3. The number of amides is 1. The Bertz CT molecular complexity index is 606. The molecular formula is C21H33N2O3+. The summed E-state index contributed by atoms with van der Waals surface area (Å²) in [5.74, 6) is 0.618. The number of piperidine rings is 1. The van der Waals surface area contributed by atoms with Gasteiger partial charge >= 0.3 is 5.97 Å². The largest absolute Gasteiger partial charge is 0.469 e. The first-order valence-electron chi connectivity index (χ1n) is 9.67. The monoisotopic (exact) mass is 361 g/mol. The van der Waals surface area contributed by atoms with Crippen LogP contribution in [0.5, 0.6) is 0 Å². The van der Waals surface area contributed by atoms with Crippen LogP contribution >= 0.6 is 0 Å². The number of likely N-dealkylation sites (tertiary alicyclic amines) is 1. The van der Waals surface area contributed by atoms with Crippen LogP contribution in [0, 0.1) is 5.92 Å². The Hall–Kier alpha value is -1.88. The van der Waals surface area contributed by atoms with Gasteiger partial charge in [-0.25, -0.2) is 0 Å². The highest BCUT2D eigenvalue weighted by atomic mass is 16.5. The number of benzene rings is 1. The Morgan fingerprint density at radius 3 is 2.12 bits per heavy atom. The van der Waals surface area contributed by atoms with Gasteiger partial charge in [-0.15, -0.1) is 0 Å². The molecule has 1 aromatic carbocycles. The van der Waals surface area contributed by atoms with E-state index in [0.717, 1.165) is 31.6 Å². The van der Waals surface area contributed by atoms with E-state index in [-0.39, 0.29) is 17.8 Å². The maximum atomic E-state index is 12.7. The van der Waals surface area contributed by atoms with Crippen LogP contribution in [-0.2, 0) is 14.3 Å². The molecular weight excluding hydrogens is 328 g/mol. The average molecular weight is 362 g/mol. The van der Waals surface area contributed by atoms with Gasteiger partial charge in [0.15, 0.2) is 6.54 Å². The summed E-state index contributed by atoms with van der Waals surface area (Å²) >= 11 is 0. The molecule has 0 aliphatic carbocycles. The van der Waals surface area contributed by atoms with Crippen molar-refractivity contribution < 1.29 is 19.2 Å². The number of quaternary nitrogens is 1. The fourth-order valence-corrected chi connectivity index (χ4v) is 3.71. The van der Waals surface area contributed by atoms with Crippen molar-refractivity contribution in [1.29, 1.82) is 0 Å². The third-order valence-electron chi connectivity index (χ3n) is 5.28. The van der Waals surface area contributed by atoms with Gasteiger partial charge in [-0.1, -0.05) is 45.9 Å². The predicted molar refractivity (Wildman–Crippen MR) is 104 cm³/mol. The van der Waals surface area contributed by atoms with Gasteiger partial charge in [0.1, 0.15) is 0 Å². The first-order valence-corrected chi connectivity index (χ1v) is 9.67. The van der Waals surface area contributed by atoms with Gasteiger partial charge in [-0.2, -0.15) is 0 Å². The molecule has 1 amide bonds. The molecule has 1 aliphatic rings. The highest BCUT2D eigenvalue weighted by Gasteiger charge is 2.29. The zero-order chi connectivity index (χ0) is 19.3. The lowest BCUT2D eigenvalue weighted by molar-refractivity contribution is -0.897. The Kier molecular flexibility index (Phi) is 7.21. The number of ether oxygens (including phenoxy) is 1. The topological polar surface area (TPSA) is 59.8 Å². The van der Waals surface area contributed by atoms with Crippen molar-refractivity contribution in [1.82, 2.24) is 0 Å². The maximum Gasteiger partial charge on any atom is 0.309 e. The van der Waals surface area contributed by atoms with Crippen molar-refractivity contribution in [2.75, 3.05) is 32.1 Å². The zero-order valence-electron chi connectivity index (χ0n) is 16.7. The van der Waals surface area contributed by atoms with Crippen molar-refractivity contribution in [3.63, 3.8) is 0 Å². The molecule has 0 unspecified atom stereocenters. The van der Waals surface area contributed by atoms with Gasteiger partial charge in [0.25, 0.3) is 5.91 Å². The number of hydrogen-bond donors (Lipinski definition) is 2. The molecule has 0 spiro atoms. The van der Waals surface area contributed by atoms with Gasteiger partial charge < -0.3 is 15.0 Å². The molecule has 2 rings (SSSR count). The highest BCUT2D eigenvalue weighted by molar-refractivity contribution is 5.93. The SMILES string of the molecule is COC(=O)C1CC[NH+](CC(=O)Nc2c(C(C)C)cccc2C(C)C)CC1. The van der Waals surface area contributed by atoms with Crippen LogP contribution in [0.2, 0.25) is 0 Å². The minimum atomic E-state index is -0.124. The minimum absolute atomic E-state index is 0.0129. The second-order valence-corrected chi connectivity index (χ2v) is 7.89. The van der Waals surface area contributed by atoms with Gasteiger partial charge in [0.2, 0.25) is 0 Å². The Morgan fingerprint density at radius 1 is 1.12 bits per heavy atom. The average Bonchev–Trinajstić information content (AvgIpc) is 2.61. The molecule has 0 aromatic heterocycles. The van der Waals surface area contributed by atoms with Crippen molar-refractivity contribution in [2.24, 2.45) is 5.92 Å². The van der Waals surface area contributed by atoms with Crippen LogP contribution in [0.15, 0.2) is 18.2 Å². The first kappa shape index (κ1) is 20.4. The van der Waals surface area contributed by atoms with E-state index in [4.69, 9.17) is 4.74 Å². The minimum Gasteiger partial charge on any atom is -0.469 e. The molecule has 5 nitrogen and oxygen atoms in total. The van der Waals surface area contributed by atoms with E-state index in [0.29, 0.717) is 18.4 Å². The fourth-order valence-electron chi connectivity index (χ4n) is 3.71. The second-order valence-electron chi connectivity index (χ2n) is 7.89. The molecule has 1 saturated heterocycles. The summed E-state index contributed by atoms with van der Waals surface area (Å²) in [5.41, 5.74) is 3.35. The Labute approximate surface area is 157 Å². The number of rotatable bonds is 6. The molecule has 0 radical (unpaired) electrons. The fraction of sp³-hybridized carbons (Fsp3) is 0.619. The van der Waals surface area contributed by atoms with E-state index in [1.54, 1.807) is 0 Å². The molecule has 1 heterocycles. The number of esters is 1. The maximum absolute atomic E-state index is 12.7. The normalized spacial score (nSPS) is 20.3. The molecule has 0 bridgehead atoms. The molecule has 0 atom stereocenters. The third-order valence-corrected chi connectivity index (χ3v) is 5.28. The van der Waals surface area contributed by atoms with Crippen molar-refractivity contribution in [2.45, 2.75) is 52.4 Å². The van der Waals surface area contributed by atoms with E-state index in [1.807, 2.05) is 0 Å². The van der Waals surface area contributed by atoms with Crippen LogP contribution in [-0.4, -0.2) is 38.6 Å². The van der Waals surface area contributed by atoms with Gasteiger partial charge in [-0.05, 0) is 23.0 Å². The second kappa shape index (κ2) is 9.17. The number of nitrogens with one attached hydrogen (secondary N) is 2. The molecule has 5 heteroatoms. The first-order chi connectivity index (χ1) is 12.3. The molecule has 1 fully saturated rings. The Morgan fingerprint density at radius 2 is 1.65 bits per heavy atom. The lowest BCUT2D eigenvalue weighted by Gasteiger charge is -2.28. The van der Waals surface area contributed by atoms with Crippen molar-refractivity contribution in [3.8, 4) is 0 Å². The quantitative estimate of drug-likeness (QED) is 0.765. The van der Waals surface area contributed by atoms with E-state index in [1.165, 1.54) is 23.1 Å². The summed E-state index contributed by atoms with van der Waals surface area (Å²) in [6.07, 6.45) is 1.57. The number of carbonyl (C=O) groups is 2. The smallest absolute Gasteiger partial charge is 0.309 e. The summed E-state index contributed by atoms with van der Waals surface area (Å²) in [6, 6.07) is 6.27. The van der Waals surface area contributed by atoms with Crippen LogP contribution in [0.1, 0.15) is 63.5 Å². The van der Waals surface area contributed by atoms with Gasteiger partial charge in [0.05, 0.1) is 26.1 Å². The van der Waals surface area contributed by atoms with Gasteiger partial charge in [-0.3, -0.25) is 9.59 Å². The summed E-state index contributed by atoms with van der Waals surface area (Å²) in [7, 11) is 1.44. The molecule has 1 aromatic rings. The molecule has 0 saturated carbocycles.